The average Bonchev–Trinajstić information content (AvgIpc) is 2.25. The van der Waals surface area contributed by atoms with Gasteiger partial charge in [0, 0.05) is 0 Å². The highest BCUT2D eigenvalue weighted by molar-refractivity contribution is 5.77. The molecule has 91 valence electrons. The Morgan fingerprint density at radius 2 is 1.75 bits per heavy atom. The molecule has 1 atom stereocenters. The van der Waals surface area contributed by atoms with E-state index in [2.05, 4.69) is 0 Å². The summed E-state index contributed by atoms with van der Waals surface area (Å²) in [5.41, 5.74) is 0. The SMILES string of the molecule is O=C(O)CC(CC[C]1CCCCC1)C(=O)O. The van der Waals surface area contributed by atoms with Crippen LogP contribution < -0.4 is 0 Å². The van der Waals surface area contributed by atoms with Crippen LogP contribution in [0.4, 0.5) is 0 Å². The quantitative estimate of drug-likeness (QED) is 0.731. The van der Waals surface area contributed by atoms with Gasteiger partial charge in [-0.15, -0.1) is 0 Å². The van der Waals surface area contributed by atoms with Crippen molar-refractivity contribution in [3.8, 4) is 0 Å². The Hall–Kier alpha value is -1.06. The second-order valence-electron chi connectivity index (χ2n) is 4.48. The minimum absolute atomic E-state index is 0.261. The van der Waals surface area contributed by atoms with Gasteiger partial charge in [-0.2, -0.15) is 0 Å². The fraction of sp³-hybridized carbons (Fsp3) is 0.750. The van der Waals surface area contributed by atoms with Crippen LogP contribution in [0.1, 0.15) is 51.4 Å². The highest BCUT2D eigenvalue weighted by Gasteiger charge is 2.23. The molecular formula is C12H19O4. The molecule has 0 aromatic heterocycles. The second-order valence-corrected chi connectivity index (χ2v) is 4.48. The summed E-state index contributed by atoms with van der Waals surface area (Å²) in [5.74, 6) is -1.32. The Labute approximate surface area is 95.7 Å². The normalized spacial score (nSPS) is 19.2. The minimum Gasteiger partial charge on any atom is -0.481 e. The van der Waals surface area contributed by atoms with Gasteiger partial charge in [-0.05, 0) is 31.6 Å². The maximum absolute atomic E-state index is 10.8. The van der Waals surface area contributed by atoms with Gasteiger partial charge < -0.3 is 10.2 Å². The molecule has 1 aliphatic carbocycles. The molecule has 0 saturated heterocycles. The molecule has 4 heteroatoms. The fourth-order valence-corrected chi connectivity index (χ4v) is 2.20. The first-order chi connectivity index (χ1) is 7.59. The third kappa shape index (κ3) is 4.64. The second kappa shape index (κ2) is 6.51. The van der Waals surface area contributed by atoms with E-state index in [1.54, 1.807) is 0 Å². The van der Waals surface area contributed by atoms with Gasteiger partial charge in [0.05, 0.1) is 12.3 Å². The van der Waals surface area contributed by atoms with E-state index in [0.717, 1.165) is 19.3 Å². The standard InChI is InChI=1S/C12H19O4/c13-11(14)8-10(12(15)16)7-6-9-4-2-1-3-5-9/h10H,1-8H2,(H,13,14)(H,15,16). The fourth-order valence-electron chi connectivity index (χ4n) is 2.20. The summed E-state index contributed by atoms with van der Waals surface area (Å²) < 4.78 is 0. The van der Waals surface area contributed by atoms with Crippen LogP contribution in [0, 0.1) is 11.8 Å². The van der Waals surface area contributed by atoms with Gasteiger partial charge in [0.25, 0.3) is 0 Å². The summed E-state index contributed by atoms with van der Waals surface area (Å²) >= 11 is 0. The molecule has 1 unspecified atom stereocenters. The number of carbonyl (C=O) groups is 2. The van der Waals surface area contributed by atoms with Gasteiger partial charge in [-0.3, -0.25) is 9.59 Å². The van der Waals surface area contributed by atoms with Crippen molar-refractivity contribution >= 4 is 11.9 Å². The lowest BCUT2D eigenvalue weighted by Crippen LogP contribution is -2.19. The molecule has 1 radical (unpaired) electrons. The summed E-state index contributed by atoms with van der Waals surface area (Å²) in [6.45, 7) is 0. The predicted molar refractivity (Wildman–Crippen MR) is 58.9 cm³/mol. The summed E-state index contributed by atoms with van der Waals surface area (Å²) in [6.07, 6.45) is 6.85. The summed E-state index contributed by atoms with van der Waals surface area (Å²) in [6, 6.07) is 0. The van der Waals surface area contributed by atoms with Crippen molar-refractivity contribution in [1.29, 1.82) is 0 Å². The maximum atomic E-state index is 10.8. The van der Waals surface area contributed by atoms with E-state index in [4.69, 9.17) is 10.2 Å². The van der Waals surface area contributed by atoms with Gasteiger partial charge in [0.1, 0.15) is 0 Å². The van der Waals surface area contributed by atoms with Gasteiger partial charge in [0.15, 0.2) is 0 Å². The topological polar surface area (TPSA) is 74.6 Å². The molecule has 0 aromatic rings. The van der Waals surface area contributed by atoms with Gasteiger partial charge in [-0.1, -0.05) is 19.3 Å². The molecule has 2 N–H and O–H groups in total. The van der Waals surface area contributed by atoms with Crippen molar-refractivity contribution < 1.29 is 19.8 Å². The zero-order chi connectivity index (χ0) is 12.0. The molecule has 1 aliphatic rings. The van der Waals surface area contributed by atoms with E-state index in [1.807, 2.05) is 0 Å². The molecule has 0 aliphatic heterocycles. The van der Waals surface area contributed by atoms with Gasteiger partial charge in [0.2, 0.25) is 0 Å². The molecule has 0 heterocycles. The van der Waals surface area contributed by atoms with Crippen molar-refractivity contribution in [3.05, 3.63) is 5.92 Å². The first-order valence-corrected chi connectivity index (χ1v) is 5.87. The van der Waals surface area contributed by atoms with Crippen molar-refractivity contribution in [3.63, 3.8) is 0 Å². The molecule has 0 bridgehead atoms. The van der Waals surface area contributed by atoms with Crippen LogP contribution in [0.5, 0.6) is 0 Å². The Kier molecular flexibility index (Phi) is 5.29. The Morgan fingerprint density at radius 1 is 1.12 bits per heavy atom. The first kappa shape index (κ1) is 13.0. The number of rotatable bonds is 6. The third-order valence-corrected chi connectivity index (χ3v) is 3.18. The molecule has 1 fully saturated rings. The highest BCUT2D eigenvalue weighted by atomic mass is 16.4. The van der Waals surface area contributed by atoms with E-state index < -0.39 is 17.9 Å². The number of hydrogen-bond acceptors (Lipinski definition) is 2. The number of carboxylic acids is 2. The Bertz CT molecular complexity index is 243. The van der Waals surface area contributed by atoms with Crippen LogP contribution in [0.15, 0.2) is 0 Å². The lowest BCUT2D eigenvalue weighted by molar-refractivity contribution is -0.148. The van der Waals surface area contributed by atoms with Crippen LogP contribution >= 0.6 is 0 Å². The van der Waals surface area contributed by atoms with Crippen LogP contribution in [0.3, 0.4) is 0 Å². The molecule has 0 aromatic carbocycles. The zero-order valence-electron chi connectivity index (χ0n) is 9.45. The third-order valence-electron chi connectivity index (χ3n) is 3.18. The predicted octanol–water partition coefficient (Wildman–Crippen LogP) is 2.48. The summed E-state index contributed by atoms with van der Waals surface area (Å²) in [4.78, 5) is 21.3. The molecule has 4 nitrogen and oxygen atoms in total. The monoisotopic (exact) mass is 227 g/mol. The molecule has 0 amide bonds. The molecule has 0 spiro atoms. The number of carboxylic acid groups (broad SMARTS) is 2. The maximum Gasteiger partial charge on any atom is 0.307 e. The molecule has 1 saturated carbocycles. The Morgan fingerprint density at radius 3 is 2.25 bits per heavy atom. The van der Waals surface area contributed by atoms with Crippen molar-refractivity contribution in [2.45, 2.75) is 51.4 Å². The molecule has 16 heavy (non-hydrogen) atoms. The zero-order valence-corrected chi connectivity index (χ0v) is 9.45. The first-order valence-electron chi connectivity index (χ1n) is 5.87. The summed E-state index contributed by atoms with van der Waals surface area (Å²) in [7, 11) is 0. The van der Waals surface area contributed by atoms with Crippen molar-refractivity contribution in [2.24, 2.45) is 5.92 Å². The smallest absolute Gasteiger partial charge is 0.307 e. The van der Waals surface area contributed by atoms with Crippen LogP contribution in [0.2, 0.25) is 0 Å². The van der Waals surface area contributed by atoms with E-state index in [1.165, 1.54) is 25.2 Å². The lowest BCUT2D eigenvalue weighted by atomic mass is 9.83. The van der Waals surface area contributed by atoms with Crippen LogP contribution in [-0.2, 0) is 9.59 Å². The minimum atomic E-state index is -1.03. The van der Waals surface area contributed by atoms with Crippen LogP contribution in [-0.4, -0.2) is 22.2 Å². The van der Waals surface area contributed by atoms with E-state index in [9.17, 15) is 9.59 Å². The molecular weight excluding hydrogens is 208 g/mol. The summed E-state index contributed by atoms with van der Waals surface area (Å²) in [5, 5.41) is 17.5. The average molecular weight is 227 g/mol. The van der Waals surface area contributed by atoms with Crippen LogP contribution in [0.25, 0.3) is 0 Å². The highest BCUT2D eigenvalue weighted by Crippen LogP contribution is 2.31. The number of hydrogen-bond donors (Lipinski definition) is 2. The lowest BCUT2D eigenvalue weighted by Gasteiger charge is -2.22. The molecule has 1 rings (SSSR count). The van der Waals surface area contributed by atoms with Gasteiger partial charge >= 0.3 is 11.9 Å². The van der Waals surface area contributed by atoms with Crippen molar-refractivity contribution in [1.82, 2.24) is 0 Å². The number of aliphatic carboxylic acids is 2. The van der Waals surface area contributed by atoms with E-state index in [-0.39, 0.29) is 6.42 Å². The Balaban J connectivity index is 2.30. The van der Waals surface area contributed by atoms with Gasteiger partial charge in [-0.25, -0.2) is 0 Å². The largest absolute Gasteiger partial charge is 0.481 e. The van der Waals surface area contributed by atoms with Crippen molar-refractivity contribution in [2.75, 3.05) is 0 Å². The van der Waals surface area contributed by atoms with E-state index >= 15 is 0 Å². The van der Waals surface area contributed by atoms with E-state index in [0.29, 0.717) is 6.42 Å².